The third-order valence-corrected chi connectivity index (χ3v) is 7.93. The van der Waals surface area contributed by atoms with Crippen molar-refractivity contribution in [2.24, 2.45) is 0 Å². The molecule has 0 bridgehead atoms. The second-order valence-corrected chi connectivity index (χ2v) is 10.6. The molecule has 206 valence electrons. The smallest absolute Gasteiger partial charge is 0.119 e. The molecule has 3 aromatic rings. The van der Waals surface area contributed by atoms with Gasteiger partial charge in [-0.3, -0.25) is 9.80 Å². The highest BCUT2D eigenvalue weighted by Gasteiger charge is 2.14. The van der Waals surface area contributed by atoms with Crippen molar-refractivity contribution in [1.82, 2.24) is 9.80 Å². The molecule has 39 heavy (non-hydrogen) atoms. The van der Waals surface area contributed by atoms with Gasteiger partial charge in [0.05, 0.1) is 7.11 Å². The average Bonchev–Trinajstić information content (AvgIpc) is 3.70. The lowest BCUT2D eigenvalue weighted by atomic mass is 9.90. The van der Waals surface area contributed by atoms with Crippen LogP contribution in [-0.4, -0.2) is 69.4 Å². The Kier molecular flexibility index (Phi) is 9.57. The summed E-state index contributed by atoms with van der Waals surface area (Å²) in [6.45, 7) is 10.4. The predicted molar refractivity (Wildman–Crippen MR) is 160 cm³/mol. The Labute approximate surface area is 234 Å². The number of hydrogen-bond acceptors (Lipinski definition) is 5. The van der Waals surface area contributed by atoms with Crippen molar-refractivity contribution in [3.8, 4) is 17.2 Å². The zero-order valence-electron chi connectivity index (χ0n) is 23.5. The summed E-state index contributed by atoms with van der Waals surface area (Å²) in [7, 11) is 1.70. The maximum Gasteiger partial charge on any atom is 0.119 e. The highest BCUT2D eigenvalue weighted by molar-refractivity contribution is 5.98. The Morgan fingerprint density at radius 2 is 0.949 bits per heavy atom. The molecule has 0 amide bonds. The van der Waals surface area contributed by atoms with E-state index in [4.69, 9.17) is 14.2 Å². The number of hydrogen-bond donors (Lipinski definition) is 0. The minimum atomic E-state index is 0.728. The molecule has 5 heteroatoms. The normalized spacial score (nSPS) is 15.8. The van der Waals surface area contributed by atoms with Crippen LogP contribution in [0.4, 0.5) is 0 Å². The van der Waals surface area contributed by atoms with Gasteiger partial charge in [0.25, 0.3) is 0 Å². The van der Waals surface area contributed by atoms with Crippen LogP contribution in [0.15, 0.2) is 72.8 Å². The number of nitrogens with zero attached hydrogens (tertiary/aromatic N) is 2. The van der Waals surface area contributed by atoms with Crippen molar-refractivity contribution in [2.75, 3.05) is 59.6 Å². The Hall–Kier alpha value is -3.28. The highest BCUT2D eigenvalue weighted by atomic mass is 16.5. The standard InChI is InChI=1S/C34H42N2O3/c1-27(28-7-13-31(37-2)14-8-28)34(29-9-15-32(16-10-29)38-25-23-35-19-3-4-20-35)30-11-17-33(18-12-30)39-26-24-36-21-5-6-22-36/h7-18H,3-6,19-26H2,1-2H3. The van der Waals surface area contributed by atoms with Gasteiger partial charge in [-0.15, -0.1) is 0 Å². The molecular formula is C34H42N2O3. The van der Waals surface area contributed by atoms with Gasteiger partial charge in [0.15, 0.2) is 0 Å². The minimum absolute atomic E-state index is 0.728. The molecule has 2 heterocycles. The molecule has 0 atom stereocenters. The molecule has 3 aromatic carbocycles. The molecule has 5 rings (SSSR count). The maximum atomic E-state index is 6.08. The SMILES string of the molecule is COc1ccc(C(C)=C(c2ccc(OCCN3CCCC3)cc2)c2ccc(OCCN3CCCC3)cc2)cc1. The van der Waals surface area contributed by atoms with E-state index in [-0.39, 0.29) is 0 Å². The summed E-state index contributed by atoms with van der Waals surface area (Å²) in [6, 6.07) is 25.4. The van der Waals surface area contributed by atoms with E-state index in [0.29, 0.717) is 0 Å². The lowest BCUT2D eigenvalue weighted by Crippen LogP contribution is -2.25. The molecule has 2 aliphatic heterocycles. The number of ether oxygens (including phenoxy) is 3. The van der Waals surface area contributed by atoms with Crippen LogP contribution in [0.1, 0.15) is 49.3 Å². The van der Waals surface area contributed by atoms with E-state index in [1.54, 1.807) is 7.11 Å². The predicted octanol–water partition coefficient (Wildman–Crippen LogP) is 6.62. The van der Waals surface area contributed by atoms with Gasteiger partial charge in [0, 0.05) is 13.1 Å². The van der Waals surface area contributed by atoms with Gasteiger partial charge in [0.2, 0.25) is 0 Å². The molecule has 2 fully saturated rings. The summed E-state index contributed by atoms with van der Waals surface area (Å²) in [6.07, 6.45) is 5.23. The van der Waals surface area contributed by atoms with Crippen molar-refractivity contribution >= 4 is 11.1 Å². The van der Waals surface area contributed by atoms with Crippen molar-refractivity contribution in [3.05, 3.63) is 89.5 Å². The van der Waals surface area contributed by atoms with Crippen LogP contribution < -0.4 is 14.2 Å². The van der Waals surface area contributed by atoms with Crippen LogP contribution in [0.5, 0.6) is 17.2 Å². The Morgan fingerprint density at radius 3 is 1.36 bits per heavy atom. The Balaban J connectivity index is 1.33. The monoisotopic (exact) mass is 526 g/mol. The fourth-order valence-electron chi connectivity index (χ4n) is 5.62. The van der Waals surface area contributed by atoms with Gasteiger partial charge in [-0.2, -0.15) is 0 Å². The van der Waals surface area contributed by atoms with Crippen LogP contribution in [0.2, 0.25) is 0 Å². The molecule has 0 saturated carbocycles. The van der Waals surface area contributed by atoms with Crippen LogP contribution in [0.3, 0.4) is 0 Å². The first-order chi connectivity index (χ1) is 19.2. The van der Waals surface area contributed by atoms with E-state index >= 15 is 0 Å². The first kappa shape index (κ1) is 27.3. The summed E-state index contributed by atoms with van der Waals surface area (Å²) >= 11 is 0. The van der Waals surface area contributed by atoms with Crippen LogP contribution >= 0.6 is 0 Å². The lowest BCUT2D eigenvalue weighted by molar-refractivity contribution is 0.237. The number of benzene rings is 3. The van der Waals surface area contributed by atoms with Gasteiger partial charge in [-0.05, 0) is 123 Å². The zero-order valence-corrected chi connectivity index (χ0v) is 23.5. The molecular weight excluding hydrogens is 484 g/mol. The van der Waals surface area contributed by atoms with Crippen molar-refractivity contribution in [1.29, 1.82) is 0 Å². The largest absolute Gasteiger partial charge is 0.497 e. The molecule has 0 aliphatic carbocycles. The van der Waals surface area contributed by atoms with Crippen LogP contribution in [0.25, 0.3) is 11.1 Å². The zero-order chi connectivity index (χ0) is 26.9. The van der Waals surface area contributed by atoms with E-state index in [2.05, 4.69) is 77.4 Å². The van der Waals surface area contributed by atoms with Crippen LogP contribution in [0, 0.1) is 0 Å². The molecule has 2 saturated heterocycles. The van der Waals surface area contributed by atoms with Gasteiger partial charge in [0.1, 0.15) is 30.5 Å². The van der Waals surface area contributed by atoms with E-state index in [0.717, 1.165) is 54.7 Å². The van der Waals surface area contributed by atoms with Gasteiger partial charge in [-0.25, -0.2) is 0 Å². The van der Waals surface area contributed by atoms with Gasteiger partial charge < -0.3 is 14.2 Å². The van der Waals surface area contributed by atoms with Crippen molar-refractivity contribution < 1.29 is 14.2 Å². The fourth-order valence-corrected chi connectivity index (χ4v) is 5.62. The number of methoxy groups -OCH3 is 1. The molecule has 0 unspecified atom stereocenters. The maximum absolute atomic E-state index is 6.08. The van der Waals surface area contributed by atoms with Gasteiger partial charge in [-0.1, -0.05) is 36.4 Å². The first-order valence-electron chi connectivity index (χ1n) is 14.5. The summed E-state index contributed by atoms with van der Waals surface area (Å²) in [4.78, 5) is 4.96. The minimum Gasteiger partial charge on any atom is -0.497 e. The quantitative estimate of drug-likeness (QED) is 0.248. The highest BCUT2D eigenvalue weighted by Crippen LogP contribution is 2.34. The Bertz CT molecular complexity index is 1120. The fraction of sp³-hybridized carbons (Fsp3) is 0.412. The number of allylic oxidation sites excluding steroid dienone is 1. The average molecular weight is 527 g/mol. The summed E-state index contributed by atoms with van der Waals surface area (Å²) in [5, 5.41) is 0. The Morgan fingerprint density at radius 1 is 0.564 bits per heavy atom. The topological polar surface area (TPSA) is 34.2 Å². The molecule has 0 spiro atoms. The van der Waals surface area contributed by atoms with Crippen LogP contribution in [-0.2, 0) is 0 Å². The lowest BCUT2D eigenvalue weighted by Gasteiger charge is -2.17. The summed E-state index contributed by atoms with van der Waals surface area (Å²) in [5.41, 5.74) is 5.91. The van der Waals surface area contributed by atoms with Gasteiger partial charge >= 0.3 is 0 Å². The third-order valence-electron chi connectivity index (χ3n) is 7.93. The van der Waals surface area contributed by atoms with Crippen molar-refractivity contribution in [2.45, 2.75) is 32.6 Å². The van der Waals surface area contributed by atoms with E-state index in [9.17, 15) is 0 Å². The molecule has 5 nitrogen and oxygen atoms in total. The second kappa shape index (κ2) is 13.7. The molecule has 0 N–H and O–H groups in total. The molecule has 0 aromatic heterocycles. The number of likely N-dealkylation sites (tertiary alicyclic amines) is 2. The first-order valence-corrected chi connectivity index (χ1v) is 14.5. The summed E-state index contributed by atoms with van der Waals surface area (Å²) < 4.78 is 17.5. The van der Waals surface area contributed by atoms with E-state index in [1.165, 1.54) is 68.6 Å². The molecule has 0 radical (unpaired) electrons. The van der Waals surface area contributed by atoms with Crippen molar-refractivity contribution in [3.63, 3.8) is 0 Å². The molecule has 2 aliphatic rings. The van der Waals surface area contributed by atoms with E-state index < -0.39 is 0 Å². The second-order valence-electron chi connectivity index (χ2n) is 10.6. The summed E-state index contributed by atoms with van der Waals surface area (Å²) in [5.74, 6) is 2.70. The third kappa shape index (κ3) is 7.43. The number of rotatable bonds is 12. The van der Waals surface area contributed by atoms with E-state index in [1.807, 2.05) is 12.1 Å².